The van der Waals surface area contributed by atoms with Crippen LogP contribution in [-0.2, 0) is 9.53 Å². The summed E-state index contributed by atoms with van der Waals surface area (Å²) in [5, 5.41) is 3.35. The van der Waals surface area contributed by atoms with E-state index >= 15 is 0 Å². The fraction of sp³-hybridized carbons (Fsp3) is 0.588. The number of ether oxygens (including phenoxy) is 2. The molecule has 0 amide bonds. The predicted molar refractivity (Wildman–Crippen MR) is 85.8 cm³/mol. The lowest BCUT2D eigenvalue weighted by Crippen LogP contribution is -2.29. The molecule has 1 aromatic carbocycles. The van der Waals surface area contributed by atoms with Gasteiger partial charge in [0.25, 0.3) is 0 Å². The van der Waals surface area contributed by atoms with E-state index in [4.69, 9.17) is 9.47 Å². The van der Waals surface area contributed by atoms with Crippen molar-refractivity contribution in [1.82, 2.24) is 0 Å². The van der Waals surface area contributed by atoms with Gasteiger partial charge in [-0.05, 0) is 44.0 Å². The highest BCUT2D eigenvalue weighted by molar-refractivity contribution is 5.75. The van der Waals surface area contributed by atoms with Crippen LogP contribution in [0.25, 0.3) is 0 Å². The standard InChI is InChI=1S/C17H27NO3/c1-4-7-13-18-14-9-11-15(12-10-14)21-16(8-5-2)17(19)20-6-3/h9-12,16,18H,4-8,13H2,1-3H3. The Morgan fingerprint density at radius 2 is 1.86 bits per heavy atom. The third-order valence-electron chi connectivity index (χ3n) is 3.09. The minimum Gasteiger partial charge on any atom is -0.479 e. The second kappa shape index (κ2) is 10.1. The van der Waals surface area contributed by atoms with Crippen LogP contribution in [-0.4, -0.2) is 25.2 Å². The summed E-state index contributed by atoms with van der Waals surface area (Å²) in [6.45, 7) is 7.34. The van der Waals surface area contributed by atoms with Crippen LogP contribution in [0.5, 0.6) is 5.75 Å². The van der Waals surface area contributed by atoms with Gasteiger partial charge in [-0.3, -0.25) is 0 Å². The number of rotatable bonds is 10. The van der Waals surface area contributed by atoms with Crippen LogP contribution in [0.3, 0.4) is 0 Å². The zero-order valence-corrected chi connectivity index (χ0v) is 13.4. The maximum absolute atomic E-state index is 11.8. The summed E-state index contributed by atoms with van der Waals surface area (Å²) in [4.78, 5) is 11.8. The molecule has 1 rings (SSSR count). The number of hydrogen-bond donors (Lipinski definition) is 1. The summed E-state index contributed by atoms with van der Waals surface area (Å²) in [7, 11) is 0. The molecule has 4 nitrogen and oxygen atoms in total. The van der Waals surface area contributed by atoms with Gasteiger partial charge < -0.3 is 14.8 Å². The first-order valence-electron chi connectivity index (χ1n) is 7.88. The molecule has 1 unspecified atom stereocenters. The van der Waals surface area contributed by atoms with Crippen LogP contribution >= 0.6 is 0 Å². The van der Waals surface area contributed by atoms with Crippen molar-refractivity contribution in [2.24, 2.45) is 0 Å². The monoisotopic (exact) mass is 293 g/mol. The molecule has 0 aliphatic carbocycles. The number of carbonyl (C=O) groups is 1. The molecule has 1 N–H and O–H groups in total. The van der Waals surface area contributed by atoms with Crippen LogP contribution in [0.15, 0.2) is 24.3 Å². The summed E-state index contributed by atoms with van der Waals surface area (Å²) >= 11 is 0. The second-order valence-corrected chi connectivity index (χ2v) is 4.95. The lowest BCUT2D eigenvalue weighted by atomic mass is 10.2. The molecule has 1 aromatic rings. The largest absolute Gasteiger partial charge is 0.479 e. The Labute approximate surface area is 127 Å². The smallest absolute Gasteiger partial charge is 0.347 e. The quantitative estimate of drug-likeness (QED) is 0.523. The first kappa shape index (κ1) is 17.3. The lowest BCUT2D eigenvalue weighted by molar-refractivity contribution is -0.151. The first-order valence-corrected chi connectivity index (χ1v) is 7.88. The van der Waals surface area contributed by atoms with Gasteiger partial charge in [-0.1, -0.05) is 26.7 Å². The summed E-state index contributed by atoms with van der Waals surface area (Å²) < 4.78 is 10.8. The number of nitrogens with one attached hydrogen (secondary N) is 1. The van der Waals surface area contributed by atoms with Crippen LogP contribution in [0, 0.1) is 0 Å². The molecule has 0 spiro atoms. The van der Waals surface area contributed by atoms with Crippen LogP contribution in [0.4, 0.5) is 5.69 Å². The van der Waals surface area contributed by atoms with Crippen LogP contribution < -0.4 is 10.1 Å². The number of esters is 1. The molecule has 0 fully saturated rings. The van der Waals surface area contributed by atoms with E-state index in [0.29, 0.717) is 18.8 Å². The second-order valence-electron chi connectivity index (χ2n) is 4.95. The number of unbranched alkanes of at least 4 members (excludes halogenated alkanes) is 1. The average Bonchev–Trinajstić information content (AvgIpc) is 2.49. The molecular formula is C17H27NO3. The summed E-state index contributed by atoms with van der Waals surface area (Å²) in [5.74, 6) is 0.409. The van der Waals surface area contributed by atoms with Crippen LogP contribution in [0.1, 0.15) is 46.5 Å². The Balaban J connectivity index is 2.56. The minimum atomic E-state index is -0.520. The molecule has 21 heavy (non-hydrogen) atoms. The number of anilines is 1. The van der Waals surface area contributed by atoms with Crippen LogP contribution in [0.2, 0.25) is 0 Å². The van der Waals surface area contributed by atoms with Gasteiger partial charge in [-0.25, -0.2) is 4.79 Å². The molecule has 0 aliphatic heterocycles. The third kappa shape index (κ3) is 6.52. The Kier molecular flexibility index (Phi) is 8.32. The molecule has 0 saturated heterocycles. The normalized spacial score (nSPS) is 11.8. The molecule has 0 saturated carbocycles. The fourth-order valence-corrected chi connectivity index (χ4v) is 1.95. The van der Waals surface area contributed by atoms with Gasteiger partial charge in [0.15, 0.2) is 6.10 Å². The topological polar surface area (TPSA) is 47.6 Å². The minimum absolute atomic E-state index is 0.288. The highest BCUT2D eigenvalue weighted by atomic mass is 16.6. The average molecular weight is 293 g/mol. The number of benzene rings is 1. The Bertz CT molecular complexity index is 403. The van der Waals surface area contributed by atoms with Gasteiger partial charge in [0.2, 0.25) is 0 Å². The van der Waals surface area contributed by atoms with Gasteiger partial charge >= 0.3 is 5.97 Å². The van der Waals surface area contributed by atoms with Gasteiger partial charge in [0.1, 0.15) is 5.75 Å². The predicted octanol–water partition coefficient (Wildman–Crippen LogP) is 4.01. The number of carbonyl (C=O) groups excluding carboxylic acids is 1. The Morgan fingerprint density at radius 3 is 2.43 bits per heavy atom. The molecule has 0 aliphatic rings. The van der Waals surface area contributed by atoms with E-state index in [1.165, 1.54) is 6.42 Å². The highest BCUT2D eigenvalue weighted by Crippen LogP contribution is 2.19. The van der Waals surface area contributed by atoms with Gasteiger partial charge in [-0.15, -0.1) is 0 Å². The molecule has 1 atom stereocenters. The van der Waals surface area contributed by atoms with Crippen molar-refractivity contribution >= 4 is 11.7 Å². The van der Waals surface area contributed by atoms with E-state index in [1.54, 1.807) is 6.92 Å². The summed E-state index contributed by atoms with van der Waals surface area (Å²) in [5.41, 5.74) is 1.07. The lowest BCUT2D eigenvalue weighted by Gasteiger charge is -2.17. The van der Waals surface area contributed by atoms with Crippen molar-refractivity contribution in [1.29, 1.82) is 0 Å². The molecule has 0 radical (unpaired) electrons. The SMILES string of the molecule is CCCCNc1ccc(OC(CCC)C(=O)OCC)cc1. The Morgan fingerprint density at radius 1 is 1.14 bits per heavy atom. The zero-order chi connectivity index (χ0) is 15.5. The van der Waals surface area contributed by atoms with E-state index in [1.807, 2.05) is 31.2 Å². The molecule has 0 bridgehead atoms. The van der Waals surface area contributed by atoms with Crippen molar-refractivity contribution < 1.29 is 14.3 Å². The van der Waals surface area contributed by atoms with E-state index < -0.39 is 6.10 Å². The van der Waals surface area contributed by atoms with Crippen molar-refractivity contribution in [3.05, 3.63) is 24.3 Å². The number of hydrogen-bond acceptors (Lipinski definition) is 4. The van der Waals surface area contributed by atoms with E-state index in [0.717, 1.165) is 25.1 Å². The van der Waals surface area contributed by atoms with Crippen molar-refractivity contribution in [3.8, 4) is 5.75 Å². The van der Waals surface area contributed by atoms with Crippen molar-refractivity contribution in [2.45, 2.75) is 52.6 Å². The Hall–Kier alpha value is -1.71. The van der Waals surface area contributed by atoms with Crippen molar-refractivity contribution in [3.63, 3.8) is 0 Å². The maximum atomic E-state index is 11.8. The van der Waals surface area contributed by atoms with Crippen molar-refractivity contribution in [2.75, 3.05) is 18.5 Å². The zero-order valence-electron chi connectivity index (χ0n) is 13.4. The van der Waals surface area contributed by atoms with Gasteiger partial charge in [0, 0.05) is 12.2 Å². The fourth-order valence-electron chi connectivity index (χ4n) is 1.95. The van der Waals surface area contributed by atoms with E-state index in [-0.39, 0.29) is 5.97 Å². The molecule has 0 heterocycles. The molecular weight excluding hydrogens is 266 g/mol. The highest BCUT2D eigenvalue weighted by Gasteiger charge is 2.20. The first-order chi connectivity index (χ1) is 10.2. The summed E-state index contributed by atoms with van der Waals surface area (Å²) in [6, 6.07) is 7.71. The van der Waals surface area contributed by atoms with E-state index in [2.05, 4.69) is 12.2 Å². The summed E-state index contributed by atoms with van der Waals surface area (Å²) in [6.07, 6.45) is 3.34. The van der Waals surface area contributed by atoms with Gasteiger partial charge in [-0.2, -0.15) is 0 Å². The maximum Gasteiger partial charge on any atom is 0.347 e. The van der Waals surface area contributed by atoms with Gasteiger partial charge in [0.05, 0.1) is 6.61 Å². The van der Waals surface area contributed by atoms with E-state index in [9.17, 15) is 4.79 Å². The third-order valence-corrected chi connectivity index (χ3v) is 3.09. The molecule has 118 valence electrons. The molecule has 0 aromatic heterocycles. The molecule has 4 heteroatoms.